The molecular formula is C25H35N9O3. The molecule has 1 fully saturated rings. The molecule has 0 radical (unpaired) electrons. The van der Waals surface area contributed by atoms with Crippen molar-refractivity contribution in [3.8, 4) is 0 Å². The average molecular weight is 510 g/mol. The molecule has 12 heteroatoms. The van der Waals surface area contributed by atoms with Gasteiger partial charge in [-0.1, -0.05) is 31.9 Å². The van der Waals surface area contributed by atoms with Gasteiger partial charge < -0.3 is 31.7 Å². The molecule has 2 heterocycles. The molecule has 0 bridgehead atoms. The number of nitrogens with two attached hydrogens (primary N) is 4. The molecule has 37 heavy (non-hydrogen) atoms. The van der Waals surface area contributed by atoms with Gasteiger partial charge in [0.15, 0.2) is 0 Å². The molecule has 0 aliphatic carbocycles. The summed E-state index contributed by atoms with van der Waals surface area (Å²) >= 11 is 0. The van der Waals surface area contributed by atoms with Crippen LogP contribution in [0.1, 0.15) is 18.4 Å². The van der Waals surface area contributed by atoms with E-state index in [2.05, 4.69) is 34.8 Å². The predicted molar refractivity (Wildman–Crippen MR) is 144 cm³/mol. The molecular weight excluding hydrogens is 474 g/mol. The number of aliphatic imine (C=N–C) groups is 2. The van der Waals surface area contributed by atoms with Gasteiger partial charge in [-0.05, 0) is 23.8 Å². The van der Waals surface area contributed by atoms with Gasteiger partial charge in [-0.25, -0.2) is 9.98 Å². The minimum atomic E-state index is -0.0521. The summed E-state index contributed by atoms with van der Waals surface area (Å²) < 4.78 is 6.81. The highest BCUT2D eigenvalue weighted by molar-refractivity contribution is 5.94. The summed E-state index contributed by atoms with van der Waals surface area (Å²) in [5.74, 6) is 5.64. The molecule has 2 rings (SSSR count). The lowest BCUT2D eigenvalue weighted by atomic mass is 10.1. The zero-order chi connectivity index (χ0) is 27.4. The van der Waals surface area contributed by atoms with Crippen LogP contribution in [0.15, 0.2) is 94.9 Å². The van der Waals surface area contributed by atoms with E-state index in [1.165, 1.54) is 29.5 Å². The van der Waals surface area contributed by atoms with Gasteiger partial charge in [-0.15, -0.1) is 0 Å². The van der Waals surface area contributed by atoms with Gasteiger partial charge >= 0.3 is 0 Å². The Labute approximate surface area is 216 Å². The second-order valence-corrected chi connectivity index (χ2v) is 8.16. The first-order valence-electron chi connectivity index (χ1n) is 11.4. The van der Waals surface area contributed by atoms with Gasteiger partial charge in [0.05, 0.1) is 17.9 Å². The number of methoxy groups -OCH3 is 1. The predicted octanol–water partition coefficient (Wildman–Crippen LogP) is 0.969. The van der Waals surface area contributed by atoms with Crippen LogP contribution in [-0.4, -0.2) is 59.0 Å². The van der Waals surface area contributed by atoms with E-state index >= 15 is 0 Å². The zero-order valence-electron chi connectivity index (χ0n) is 21.0. The molecule has 1 aliphatic rings. The van der Waals surface area contributed by atoms with E-state index < -0.39 is 0 Å². The largest absolute Gasteiger partial charge is 0.404 e. The third-order valence-electron chi connectivity index (χ3n) is 5.42. The van der Waals surface area contributed by atoms with Crippen LogP contribution in [0.3, 0.4) is 0 Å². The SMILES string of the molecule is C=C(N)N=C/C(=C\N)C(=C)/C=C\C(=C/N)CC(=C)N=C(ON)c1cnn(CC(=O)N2CCC(OC)C2)c1. The molecule has 0 aromatic carbocycles. The number of hydrogen-bond donors (Lipinski definition) is 4. The third-order valence-corrected chi connectivity index (χ3v) is 5.42. The summed E-state index contributed by atoms with van der Waals surface area (Å²) in [6, 6.07) is 0. The van der Waals surface area contributed by atoms with Crippen molar-refractivity contribution in [2.24, 2.45) is 33.1 Å². The zero-order valence-corrected chi connectivity index (χ0v) is 21.0. The Hall–Kier alpha value is -4.42. The fraction of sp³-hybridized carbons (Fsp3) is 0.280. The Balaban J connectivity index is 2.02. The second kappa shape index (κ2) is 14.2. The van der Waals surface area contributed by atoms with Gasteiger partial charge in [0.1, 0.15) is 12.4 Å². The van der Waals surface area contributed by atoms with Gasteiger partial charge in [-0.2, -0.15) is 11.0 Å². The number of likely N-dealkylation sites (tertiary alicyclic amines) is 1. The first-order chi connectivity index (χ1) is 17.7. The second-order valence-electron chi connectivity index (χ2n) is 8.16. The van der Waals surface area contributed by atoms with E-state index in [0.717, 1.165) is 6.42 Å². The maximum atomic E-state index is 12.5. The summed E-state index contributed by atoms with van der Waals surface area (Å²) in [7, 11) is 1.64. The molecule has 1 aromatic rings. The van der Waals surface area contributed by atoms with Crippen LogP contribution in [0.5, 0.6) is 0 Å². The van der Waals surface area contributed by atoms with Crippen molar-refractivity contribution in [1.82, 2.24) is 14.7 Å². The maximum Gasteiger partial charge on any atom is 0.248 e. The molecule has 0 saturated carbocycles. The molecule has 1 saturated heterocycles. The molecule has 198 valence electrons. The number of amides is 1. The third kappa shape index (κ3) is 8.94. The summed E-state index contributed by atoms with van der Waals surface area (Å²) in [6.45, 7) is 12.7. The van der Waals surface area contributed by atoms with E-state index in [1.807, 2.05) is 0 Å². The summed E-state index contributed by atoms with van der Waals surface area (Å²) in [5, 5.41) is 4.22. The molecule has 1 atom stereocenters. The Morgan fingerprint density at radius 1 is 1.27 bits per heavy atom. The van der Waals surface area contributed by atoms with Crippen LogP contribution in [0.25, 0.3) is 0 Å². The maximum absolute atomic E-state index is 12.5. The van der Waals surface area contributed by atoms with Crippen molar-refractivity contribution < 1.29 is 14.4 Å². The Morgan fingerprint density at radius 2 is 2.03 bits per heavy atom. The number of allylic oxidation sites excluding steroid dienone is 5. The van der Waals surface area contributed by atoms with E-state index in [-0.39, 0.29) is 30.3 Å². The number of nitrogens with zero attached hydrogens (tertiary/aromatic N) is 5. The molecule has 12 nitrogen and oxygen atoms in total. The number of carbonyl (C=O) groups is 1. The van der Waals surface area contributed by atoms with Gasteiger partial charge in [-0.3, -0.25) is 9.48 Å². The fourth-order valence-corrected chi connectivity index (χ4v) is 3.39. The first kappa shape index (κ1) is 28.8. The normalized spacial score (nSPS) is 17.1. The number of rotatable bonds is 12. The Kier molecular flexibility index (Phi) is 11.1. The lowest BCUT2D eigenvalue weighted by Crippen LogP contribution is -2.33. The topological polar surface area (TPSA) is 185 Å². The van der Waals surface area contributed by atoms with Crippen LogP contribution in [0.2, 0.25) is 0 Å². The number of ether oxygens (including phenoxy) is 1. The minimum absolute atomic E-state index is 0.0521. The van der Waals surface area contributed by atoms with E-state index in [0.29, 0.717) is 47.5 Å². The smallest absolute Gasteiger partial charge is 0.248 e. The highest BCUT2D eigenvalue weighted by Gasteiger charge is 2.26. The lowest BCUT2D eigenvalue weighted by Gasteiger charge is -2.15. The highest BCUT2D eigenvalue weighted by atomic mass is 16.6. The highest BCUT2D eigenvalue weighted by Crippen LogP contribution is 2.16. The molecule has 1 amide bonds. The monoisotopic (exact) mass is 509 g/mol. The average Bonchev–Trinajstić information content (AvgIpc) is 3.55. The van der Waals surface area contributed by atoms with Crippen molar-refractivity contribution in [3.63, 3.8) is 0 Å². The van der Waals surface area contributed by atoms with Gasteiger partial charge in [0, 0.05) is 56.5 Å². The summed E-state index contributed by atoms with van der Waals surface area (Å²) in [5.41, 5.74) is 19.6. The summed E-state index contributed by atoms with van der Waals surface area (Å²) in [6.07, 6.45) is 12.0. The van der Waals surface area contributed by atoms with Crippen LogP contribution < -0.4 is 23.1 Å². The van der Waals surface area contributed by atoms with Crippen LogP contribution in [0, 0.1) is 0 Å². The van der Waals surface area contributed by atoms with Crippen molar-refractivity contribution in [3.05, 3.63) is 90.5 Å². The van der Waals surface area contributed by atoms with Crippen LogP contribution in [-0.2, 0) is 20.9 Å². The molecule has 1 aromatic heterocycles. The molecule has 1 unspecified atom stereocenters. The molecule has 8 N–H and O–H groups in total. The summed E-state index contributed by atoms with van der Waals surface area (Å²) in [4.78, 5) is 27.5. The van der Waals surface area contributed by atoms with Crippen LogP contribution in [0.4, 0.5) is 0 Å². The first-order valence-corrected chi connectivity index (χ1v) is 11.4. The number of hydrogen-bond acceptors (Lipinski definition) is 10. The van der Waals surface area contributed by atoms with Crippen molar-refractivity contribution in [2.75, 3.05) is 20.2 Å². The van der Waals surface area contributed by atoms with Gasteiger partial charge in [0.25, 0.3) is 0 Å². The van der Waals surface area contributed by atoms with Crippen molar-refractivity contribution >= 4 is 18.0 Å². The Bertz CT molecular complexity index is 1160. The van der Waals surface area contributed by atoms with E-state index in [4.69, 9.17) is 32.7 Å². The van der Waals surface area contributed by atoms with E-state index in [1.54, 1.807) is 30.4 Å². The molecule has 1 aliphatic heterocycles. The fourth-order valence-electron chi connectivity index (χ4n) is 3.39. The Morgan fingerprint density at radius 3 is 2.62 bits per heavy atom. The van der Waals surface area contributed by atoms with E-state index in [9.17, 15) is 4.79 Å². The lowest BCUT2D eigenvalue weighted by molar-refractivity contribution is -0.131. The van der Waals surface area contributed by atoms with Crippen molar-refractivity contribution in [1.29, 1.82) is 0 Å². The van der Waals surface area contributed by atoms with Crippen molar-refractivity contribution in [2.45, 2.75) is 25.5 Å². The quantitative estimate of drug-likeness (QED) is 0.139. The molecule has 0 spiro atoms. The standard InChI is InChI=1S/C25H35N9O3/c1-17(21(11-27)12-30-19(3)28)5-6-20(10-26)9-18(2)32-25(37-29)22-13-31-34(14-22)16-24(35)33-8-7-23(15-33)36-4/h5-6,10-14,23H,1-3,7-9,15-16,26-29H2,4H3/b6-5-,20-10+,21-11+,30-12?,32-25?. The van der Waals surface area contributed by atoms with Crippen LogP contribution >= 0.6 is 0 Å². The number of aromatic nitrogens is 2. The minimum Gasteiger partial charge on any atom is -0.404 e. The van der Waals surface area contributed by atoms with Gasteiger partial charge in [0.2, 0.25) is 11.8 Å². The number of carbonyl (C=O) groups excluding carboxylic acids is 1.